The number of alkyl halides is 1. The molecule has 3 aliphatic rings. The van der Waals surface area contributed by atoms with E-state index in [2.05, 4.69) is 164 Å². The molecule has 9 nitrogen and oxygen atoms in total. The molecule has 3 aromatic rings. The highest BCUT2D eigenvalue weighted by Crippen LogP contribution is 2.41. The maximum absolute atomic E-state index is 14.3. The molecule has 2 aliphatic carbocycles. The predicted molar refractivity (Wildman–Crippen MR) is 375 cm³/mol. The van der Waals surface area contributed by atoms with Gasteiger partial charge in [-0.15, -0.1) is 0 Å². The number of unbranched alkanes of at least 4 members (excludes halogenated alkanes) is 2. The minimum atomic E-state index is -1.86. The molecule has 0 aromatic heterocycles. The summed E-state index contributed by atoms with van der Waals surface area (Å²) in [5, 5.41) is 7.84. The van der Waals surface area contributed by atoms with Crippen LogP contribution in [0.1, 0.15) is 282 Å². The fourth-order valence-corrected chi connectivity index (χ4v) is 11.9. The van der Waals surface area contributed by atoms with Crippen LogP contribution in [0.5, 0.6) is 0 Å². The van der Waals surface area contributed by atoms with Gasteiger partial charge >= 0.3 is 0 Å². The fraction of sp³-hybridized carbons (Fsp3) is 0.640. The SMILES string of the molecule is CC1CCCC1.CCC(C)=CSC(=C(C)C)c1ccc(CNC(=O)C2CCCN2C(=O)C(NC(=O)C2(F)CC2)C(C)(C)C)cc1.CCC(C)C(C)=NC(=O)c1c(Br)cccc1C(C)CC.CCCCCC(CCC)c1ccc(C)c(C)c1.CCCOC. The van der Waals surface area contributed by atoms with Gasteiger partial charge in [-0.25, -0.2) is 9.38 Å². The molecular weight excluding hydrogens is 1170 g/mol. The third kappa shape index (κ3) is 27.7. The van der Waals surface area contributed by atoms with Crippen molar-refractivity contribution in [2.75, 3.05) is 20.3 Å². The second kappa shape index (κ2) is 41.1. The van der Waals surface area contributed by atoms with Crippen LogP contribution in [0.15, 0.2) is 86.7 Å². The first-order valence-electron chi connectivity index (χ1n) is 33.3. The van der Waals surface area contributed by atoms with Crippen molar-refractivity contribution in [3.63, 3.8) is 0 Å². The van der Waals surface area contributed by atoms with Crippen LogP contribution in [0, 0.1) is 31.1 Å². The highest BCUT2D eigenvalue weighted by atomic mass is 79.9. The Morgan fingerprint density at radius 1 is 0.839 bits per heavy atom. The summed E-state index contributed by atoms with van der Waals surface area (Å²) in [7, 11) is 1.71. The number of nitrogens with one attached hydrogen (secondary N) is 2. The molecule has 0 spiro atoms. The van der Waals surface area contributed by atoms with Gasteiger partial charge in [-0.3, -0.25) is 19.2 Å². The number of nitrogens with zero attached hydrogens (tertiary/aromatic N) is 2. The summed E-state index contributed by atoms with van der Waals surface area (Å²) in [6, 6.07) is 19.6. The molecule has 3 aromatic carbocycles. The summed E-state index contributed by atoms with van der Waals surface area (Å²) < 4.78 is 19.9. The quantitative estimate of drug-likeness (QED) is 0.0682. The van der Waals surface area contributed by atoms with Crippen LogP contribution in [-0.2, 0) is 25.7 Å². The number of allylic oxidation sites excluding steroid dienone is 2. The van der Waals surface area contributed by atoms with E-state index in [1.807, 2.05) is 58.0 Å². The van der Waals surface area contributed by atoms with E-state index < -0.39 is 29.1 Å². The Bertz CT molecular complexity index is 2640. The van der Waals surface area contributed by atoms with Crippen molar-refractivity contribution in [2.24, 2.45) is 22.2 Å². The Balaban J connectivity index is 0.000000445. The molecule has 1 heterocycles. The summed E-state index contributed by atoms with van der Waals surface area (Å²) in [6.07, 6.45) is 19.8. The highest BCUT2D eigenvalue weighted by molar-refractivity contribution is 9.10. The number of aliphatic imine (C=N–C) groups is 1. The summed E-state index contributed by atoms with van der Waals surface area (Å²) >= 11 is 5.23. The molecule has 0 bridgehead atoms. The maximum atomic E-state index is 14.3. The first-order chi connectivity index (χ1) is 41.2. The Kier molecular flexibility index (Phi) is 37.2. The van der Waals surface area contributed by atoms with Crippen LogP contribution >= 0.6 is 27.7 Å². The van der Waals surface area contributed by atoms with Gasteiger partial charge < -0.3 is 20.3 Å². The molecular formula is C75H118BrFN4O5S. The van der Waals surface area contributed by atoms with E-state index in [4.69, 9.17) is 4.74 Å². The Morgan fingerprint density at radius 3 is 1.99 bits per heavy atom. The van der Waals surface area contributed by atoms with Crippen LogP contribution in [0.25, 0.3) is 4.91 Å². The van der Waals surface area contributed by atoms with E-state index in [1.165, 1.54) is 91.4 Å². The first-order valence-corrected chi connectivity index (χ1v) is 35.0. The molecule has 5 unspecified atom stereocenters. The van der Waals surface area contributed by atoms with Gasteiger partial charge in [0, 0.05) is 41.9 Å². The standard InChI is InChI=1S/C31H44FN3O3S.C17H24BrNO.C17H28.C6H12.C4H10O/c1-8-21(4)19-39-25(20(2)3)23-13-11-22(12-14-23)18-33-27(36)24-10-9-17-35(24)28(37)26(30(5,6)7)34-29(38)31(32)15-16-31;1-6-11(3)13(5)19-17(20)16-14(12(4)7-2)9-8-10-15(16)18;1-5-7-8-10-16(9-6-2)17-12-11-14(3)15(4)13-17;1-6-4-2-3-5-6;1-3-4-5-2/h11-14,19,24,26H,8-10,15-18H2,1-7H3,(H,33,36)(H,34,38);8-12H,6-7H2,1-5H3;11-13,16H,5-10H2,1-4H3;6H,2-5H2,1H3;3-4H2,1-2H3. The molecule has 87 heavy (non-hydrogen) atoms. The number of rotatable bonds is 24. The lowest BCUT2D eigenvalue weighted by Gasteiger charge is -2.35. The topological polar surface area (TPSA) is 117 Å². The highest BCUT2D eigenvalue weighted by Gasteiger charge is 2.53. The van der Waals surface area contributed by atoms with Gasteiger partial charge in [0.2, 0.25) is 11.8 Å². The van der Waals surface area contributed by atoms with Gasteiger partial charge in [0.1, 0.15) is 12.1 Å². The van der Waals surface area contributed by atoms with Gasteiger partial charge in [-0.2, -0.15) is 0 Å². The van der Waals surface area contributed by atoms with Crippen molar-refractivity contribution < 1.29 is 28.3 Å². The molecule has 4 amide bonds. The molecule has 6 rings (SSSR count). The lowest BCUT2D eigenvalue weighted by atomic mass is 9.85. The number of aryl methyl sites for hydroxylation is 2. The number of likely N-dealkylation sites (tertiary alicyclic amines) is 1. The number of thioether (sulfide) groups is 1. The molecule has 12 heteroatoms. The number of carbonyl (C=O) groups excluding carboxylic acids is 4. The molecule has 488 valence electrons. The third-order valence-corrected chi connectivity index (χ3v) is 19.3. The summed E-state index contributed by atoms with van der Waals surface area (Å²) in [4.78, 5) is 58.7. The van der Waals surface area contributed by atoms with Crippen molar-refractivity contribution in [3.8, 4) is 0 Å². The number of hydrogen-bond donors (Lipinski definition) is 2. The van der Waals surface area contributed by atoms with Crippen LogP contribution in [-0.4, -0.2) is 72.3 Å². The summed E-state index contributed by atoms with van der Waals surface area (Å²) in [5.41, 5.74) is 9.31. The van der Waals surface area contributed by atoms with E-state index in [0.717, 1.165) is 71.0 Å². The van der Waals surface area contributed by atoms with E-state index in [0.29, 0.717) is 43.3 Å². The molecule has 3 fully saturated rings. The van der Waals surface area contributed by atoms with Gasteiger partial charge in [-0.1, -0.05) is 212 Å². The van der Waals surface area contributed by atoms with Gasteiger partial charge in [-0.05, 0) is 196 Å². The number of hydrogen-bond acceptors (Lipinski definition) is 6. The molecule has 2 saturated carbocycles. The van der Waals surface area contributed by atoms with Crippen LogP contribution in [0.4, 0.5) is 4.39 Å². The van der Waals surface area contributed by atoms with Gasteiger partial charge in [0.25, 0.3) is 11.8 Å². The van der Waals surface area contributed by atoms with E-state index in [1.54, 1.807) is 29.3 Å². The van der Waals surface area contributed by atoms with Crippen molar-refractivity contribution in [3.05, 3.63) is 121 Å². The second-order valence-corrected chi connectivity index (χ2v) is 27.9. The number of amides is 4. The molecule has 1 aliphatic heterocycles. The largest absolute Gasteiger partial charge is 0.385 e. The number of benzene rings is 3. The minimum Gasteiger partial charge on any atom is -0.385 e. The first kappa shape index (κ1) is 78.7. The second-order valence-electron chi connectivity index (χ2n) is 26.2. The van der Waals surface area contributed by atoms with Crippen molar-refractivity contribution in [1.29, 1.82) is 0 Å². The predicted octanol–water partition coefficient (Wildman–Crippen LogP) is 20.7. The smallest absolute Gasteiger partial charge is 0.278 e. The van der Waals surface area contributed by atoms with Crippen LogP contribution in [0.2, 0.25) is 0 Å². The maximum Gasteiger partial charge on any atom is 0.278 e. The third-order valence-electron chi connectivity index (χ3n) is 17.2. The van der Waals surface area contributed by atoms with Gasteiger partial charge in [0.05, 0.1) is 5.56 Å². The Morgan fingerprint density at radius 2 is 1.49 bits per heavy atom. The molecule has 2 N–H and O–H groups in total. The van der Waals surface area contributed by atoms with Crippen molar-refractivity contribution in [2.45, 2.75) is 276 Å². The average Bonchev–Trinajstić information content (AvgIpc) is 1.92. The summed E-state index contributed by atoms with van der Waals surface area (Å²) in [6.45, 7) is 39.5. The van der Waals surface area contributed by atoms with Crippen molar-refractivity contribution in [1.82, 2.24) is 15.5 Å². The monoisotopic (exact) mass is 1280 g/mol. The number of halogens is 2. The number of carbonyl (C=O) groups is 4. The van der Waals surface area contributed by atoms with E-state index in [-0.39, 0.29) is 30.6 Å². The van der Waals surface area contributed by atoms with E-state index in [9.17, 15) is 23.6 Å². The molecule has 0 radical (unpaired) electrons. The van der Waals surface area contributed by atoms with Gasteiger partial charge in [0.15, 0.2) is 5.67 Å². The zero-order valence-corrected chi connectivity index (χ0v) is 60.2. The lowest BCUT2D eigenvalue weighted by molar-refractivity contribution is -0.144. The number of methoxy groups -OCH3 is 1. The average molecular weight is 1290 g/mol. The normalized spacial score (nSPS) is 16.8. The number of ether oxygens (including phenoxy) is 1. The van der Waals surface area contributed by atoms with Crippen molar-refractivity contribution >= 4 is 61.9 Å². The minimum absolute atomic E-state index is 0.134. The summed E-state index contributed by atoms with van der Waals surface area (Å²) in [5.74, 6) is 1.11. The zero-order valence-electron chi connectivity index (χ0n) is 57.8. The van der Waals surface area contributed by atoms with E-state index >= 15 is 0 Å². The zero-order chi connectivity index (χ0) is 65.4. The molecule has 5 atom stereocenters. The Labute approximate surface area is 542 Å². The molecule has 1 saturated heterocycles. The Hall–Kier alpha value is -4.39. The van der Waals surface area contributed by atoms with Crippen LogP contribution < -0.4 is 10.6 Å². The fourth-order valence-electron chi connectivity index (χ4n) is 10.4. The lowest BCUT2D eigenvalue weighted by Crippen LogP contribution is -2.58. The van der Waals surface area contributed by atoms with Crippen LogP contribution in [0.3, 0.4) is 0 Å².